The molecule has 0 aliphatic rings. The number of pyridine rings is 5. The van der Waals surface area contributed by atoms with Gasteiger partial charge >= 0.3 is 0 Å². The van der Waals surface area contributed by atoms with Gasteiger partial charge in [-0.25, -0.2) is 0 Å². The second-order valence-electron chi connectivity index (χ2n) is 6.50. The van der Waals surface area contributed by atoms with Crippen LogP contribution in [-0.4, -0.2) is 24.9 Å². The molecule has 5 heterocycles. The second kappa shape index (κ2) is 12.9. The van der Waals surface area contributed by atoms with Crippen LogP contribution in [0.3, 0.4) is 0 Å². The van der Waals surface area contributed by atoms with Crippen molar-refractivity contribution in [3.63, 3.8) is 0 Å². The topological polar surface area (TPSA) is 84.4 Å². The first-order chi connectivity index (χ1) is 15.3. The third-order valence-electron chi connectivity index (χ3n) is 4.32. The van der Waals surface area contributed by atoms with Crippen LogP contribution < -0.4 is 5.43 Å². The summed E-state index contributed by atoms with van der Waals surface area (Å²) in [7, 11) is 0. The van der Waals surface area contributed by atoms with Crippen LogP contribution in [0.5, 0.6) is 0 Å². The van der Waals surface area contributed by atoms with Crippen LogP contribution in [-0.2, 0) is 21.1 Å². The maximum absolute atomic E-state index is 11.8. The molecular weight excluding hydrogens is 593 g/mol. The molecule has 0 saturated heterocycles. The van der Waals surface area contributed by atoms with E-state index < -0.39 is 0 Å². The summed E-state index contributed by atoms with van der Waals surface area (Å²) < 4.78 is 0. The van der Waals surface area contributed by atoms with E-state index in [0.29, 0.717) is 11.4 Å². The van der Waals surface area contributed by atoms with E-state index in [0.717, 1.165) is 22.8 Å². The molecule has 0 amide bonds. The standard InChI is InChI=1S/C15H11N3O.C10H8N2.CH4.Pt/c19-11-9-14(12-5-1-3-7-16-12)18-15(10-11)13-6-2-4-8-17-13;1-3-7-11-9(5-1)10-6-2-4-8-12-10;;/h1-10H,(H,18,19);1-8H;1H4;. The molecule has 5 aromatic rings. The fraction of sp³-hybridized carbons (Fsp3) is 0.0385. The fourth-order valence-electron chi connectivity index (χ4n) is 2.89. The van der Waals surface area contributed by atoms with Crippen molar-refractivity contribution in [3.8, 4) is 34.2 Å². The average molecular weight is 617 g/mol. The Kier molecular flexibility index (Phi) is 10.00. The molecule has 33 heavy (non-hydrogen) atoms. The van der Waals surface area contributed by atoms with Crippen LogP contribution in [0.25, 0.3) is 34.2 Å². The van der Waals surface area contributed by atoms with Crippen molar-refractivity contribution in [1.29, 1.82) is 0 Å². The Morgan fingerprint density at radius 2 is 0.848 bits per heavy atom. The van der Waals surface area contributed by atoms with Gasteiger partial charge in [0.2, 0.25) is 0 Å². The normalized spacial score (nSPS) is 9.45. The molecule has 0 bridgehead atoms. The molecule has 0 radical (unpaired) electrons. The molecule has 1 N–H and O–H groups in total. The van der Waals surface area contributed by atoms with Crippen molar-refractivity contribution < 1.29 is 21.1 Å². The monoisotopic (exact) mass is 616 g/mol. The van der Waals surface area contributed by atoms with Gasteiger partial charge in [0.15, 0.2) is 5.43 Å². The third-order valence-corrected chi connectivity index (χ3v) is 4.32. The number of hydrogen-bond acceptors (Lipinski definition) is 5. The van der Waals surface area contributed by atoms with Crippen molar-refractivity contribution >= 4 is 0 Å². The van der Waals surface area contributed by atoms with Crippen LogP contribution in [0.4, 0.5) is 0 Å². The molecule has 0 spiro atoms. The summed E-state index contributed by atoms with van der Waals surface area (Å²) in [6, 6.07) is 25.8. The largest absolute Gasteiger partial charge is 0.352 e. The van der Waals surface area contributed by atoms with Gasteiger partial charge in [-0.05, 0) is 48.5 Å². The number of nitrogens with one attached hydrogen (secondary N) is 1. The van der Waals surface area contributed by atoms with E-state index in [1.807, 2.05) is 72.8 Å². The zero-order chi connectivity index (χ0) is 21.3. The predicted octanol–water partition coefficient (Wildman–Crippen LogP) is 5.28. The second-order valence-corrected chi connectivity index (χ2v) is 6.50. The average Bonchev–Trinajstić information content (AvgIpc) is 2.86. The van der Waals surface area contributed by atoms with E-state index in [9.17, 15) is 4.79 Å². The molecule has 5 aromatic heterocycles. The van der Waals surface area contributed by atoms with Crippen molar-refractivity contribution in [2.24, 2.45) is 0 Å². The zero-order valence-corrected chi connectivity index (χ0v) is 19.2. The van der Waals surface area contributed by atoms with Gasteiger partial charge in [-0.15, -0.1) is 0 Å². The van der Waals surface area contributed by atoms with Gasteiger partial charge in [0, 0.05) is 58.0 Å². The first kappa shape index (κ1) is 25.5. The summed E-state index contributed by atoms with van der Waals surface area (Å²) >= 11 is 0. The van der Waals surface area contributed by atoms with E-state index in [4.69, 9.17) is 0 Å². The van der Waals surface area contributed by atoms with E-state index >= 15 is 0 Å². The van der Waals surface area contributed by atoms with Crippen LogP contribution in [0.2, 0.25) is 0 Å². The molecule has 0 fully saturated rings. The molecule has 0 unspecified atom stereocenters. The number of aromatic amines is 1. The van der Waals surface area contributed by atoms with Crippen molar-refractivity contribution in [2.75, 3.05) is 0 Å². The maximum Gasteiger partial charge on any atom is 0.182 e. The summed E-state index contributed by atoms with van der Waals surface area (Å²) in [5, 5.41) is 0. The Morgan fingerprint density at radius 1 is 0.515 bits per heavy atom. The number of H-pyrrole nitrogens is 1. The Hall–Kier alpha value is -3.76. The van der Waals surface area contributed by atoms with Crippen molar-refractivity contribution in [1.82, 2.24) is 24.9 Å². The molecule has 6 nitrogen and oxygen atoms in total. The Balaban J connectivity index is 0.000000240. The maximum atomic E-state index is 11.8. The summed E-state index contributed by atoms with van der Waals surface area (Å²) in [4.78, 5) is 31.8. The summed E-state index contributed by atoms with van der Waals surface area (Å²) in [5.74, 6) is 0. The van der Waals surface area contributed by atoms with Crippen LogP contribution >= 0.6 is 0 Å². The first-order valence-corrected chi connectivity index (χ1v) is 9.69. The molecule has 168 valence electrons. The number of rotatable bonds is 3. The Labute approximate surface area is 207 Å². The quantitative estimate of drug-likeness (QED) is 0.299. The molecule has 0 aromatic carbocycles. The van der Waals surface area contributed by atoms with E-state index in [1.165, 1.54) is 12.1 Å². The van der Waals surface area contributed by atoms with Gasteiger partial charge in [0.25, 0.3) is 0 Å². The molecule has 0 atom stereocenters. The molecular formula is C26H23N5OPt. The Morgan fingerprint density at radius 3 is 1.15 bits per heavy atom. The molecule has 5 rings (SSSR count). The van der Waals surface area contributed by atoms with E-state index in [1.54, 1.807) is 24.8 Å². The van der Waals surface area contributed by atoms with Crippen LogP contribution in [0, 0.1) is 0 Å². The summed E-state index contributed by atoms with van der Waals surface area (Å²) in [6.07, 6.45) is 6.93. The van der Waals surface area contributed by atoms with Gasteiger partial charge in [-0.2, -0.15) is 0 Å². The van der Waals surface area contributed by atoms with Gasteiger partial charge < -0.3 is 4.98 Å². The van der Waals surface area contributed by atoms with E-state index in [-0.39, 0.29) is 33.9 Å². The van der Waals surface area contributed by atoms with Gasteiger partial charge in [-0.3, -0.25) is 24.7 Å². The molecule has 0 aliphatic carbocycles. The minimum absolute atomic E-state index is 0. The van der Waals surface area contributed by atoms with Crippen LogP contribution in [0.1, 0.15) is 7.43 Å². The fourth-order valence-corrected chi connectivity index (χ4v) is 2.89. The van der Waals surface area contributed by atoms with Crippen LogP contribution in [0.15, 0.2) is 115 Å². The summed E-state index contributed by atoms with van der Waals surface area (Å²) in [6.45, 7) is 0. The minimum atomic E-state index is -0.0694. The number of aromatic nitrogens is 5. The van der Waals surface area contributed by atoms with Crippen molar-refractivity contribution in [2.45, 2.75) is 7.43 Å². The van der Waals surface area contributed by atoms with Gasteiger partial charge in [0.1, 0.15) is 0 Å². The predicted molar refractivity (Wildman–Crippen MR) is 128 cm³/mol. The smallest absolute Gasteiger partial charge is 0.182 e. The minimum Gasteiger partial charge on any atom is -0.352 e. The third kappa shape index (κ3) is 7.12. The Bertz CT molecular complexity index is 1180. The molecule has 7 heteroatoms. The SMILES string of the molecule is C.O=c1cc(-c2ccccn2)[nH]c(-c2ccccn2)c1.[Pt].c1ccc(-c2ccccn2)nc1. The first-order valence-electron chi connectivity index (χ1n) is 9.69. The van der Waals surface area contributed by atoms with E-state index in [2.05, 4.69) is 24.9 Å². The summed E-state index contributed by atoms with van der Waals surface area (Å²) in [5.41, 5.74) is 4.61. The zero-order valence-electron chi connectivity index (χ0n) is 16.9. The number of hydrogen-bond donors (Lipinski definition) is 1. The molecule has 0 aliphatic heterocycles. The van der Waals surface area contributed by atoms with Crippen molar-refractivity contribution in [3.05, 3.63) is 120 Å². The number of nitrogens with zero attached hydrogens (tertiary/aromatic N) is 4. The van der Waals surface area contributed by atoms with Gasteiger partial charge in [0.05, 0.1) is 34.2 Å². The van der Waals surface area contributed by atoms with Gasteiger partial charge in [-0.1, -0.05) is 31.7 Å². The molecule has 0 saturated carbocycles.